The summed E-state index contributed by atoms with van der Waals surface area (Å²) in [5.41, 5.74) is 7.10. The van der Waals surface area contributed by atoms with Crippen molar-refractivity contribution in [3.05, 3.63) is 33.8 Å². The van der Waals surface area contributed by atoms with Crippen LogP contribution < -0.4 is 5.73 Å². The summed E-state index contributed by atoms with van der Waals surface area (Å²) in [5.74, 6) is 0.445. The van der Waals surface area contributed by atoms with Crippen LogP contribution in [0, 0.1) is 12.8 Å². The first kappa shape index (κ1) is 17.5. The lowest BCUT2D eigenvalue weighted by Crippen LogP contribution is -2.37. The van der Waals surface area contributed by atoms with Crippen molar-refractivity contribution in [3.8, 4) is 0 Å². The van der Waals surface area contributed by atoms with Crippen molar-refractivity contribution in [3.63, 3.8) is 0 Å². The van der Waals surface area contributed by atoms with Gasteiger partial charge in [0.1, 0.15) is 5.84 Å². The van der Waals surface area contributed by atoms with Crippen molar-refractivity contribution in [1.29, 1.82) is 0 Å². The lowest BCUT2D eigenvalue weighted by molar-refractivity contribution is 0.0740. The number of benzene rings is 1. The Kier molecular flexibility index (Phi) is 6.68. The highest BCUT2D eigenvalue weighted by molar-refractivity contribution is 9.10. The van der Waals surface area contributed by atoms with Gasteiger partial charge in [0.05, 0.1) is 0 Å². The second-order valence-corrected chi connectivity index (χ2v) is 6.36. The van der Waals surface area contributed by atoms with E-state index in [9.17, 15) is 4.79 Å². The smallest absolute Gasteiger partial charge is 0.254 e. The van der Waals surface area contributed by atoms with E-state index in [-0.39, 0.29) is 11.7 Å². The monoisotopic (exact) mass is 355 g/mol. The number of oxime groups is 1. The molecule has 0 atom stereocenters. The highest BCUT2D eigenvalue weighted by Crippen LogP contribution is 2.18. The third-order valence-electron chi connectivity index (χ3n) is 3.06. The van der Waals surface area contributed by atoms with Gasteiger partial charge in [0, 0.05) is 29.5 Å². The molecule has 0 heterocycles. The first-order valence-electron chi connectivity index (χ1n) is 6.87. The molecule has 5 nitrogen and oxygen atoms in total. The highest BCUT2D eigenvalue weighted by Gasteiger charge is 2.19. The van der Waals surface area contributed by atoms with Gasteiger partial charge in [-0.25, -0.2) is 0 Å². The summed E-state index contributed by atoms with van der Waals surface area (Å²) >= 11 is 3.40. The molecule has 0 saturated carbocycles. The minimum atomic E-state index is -0.0283. The topological polar surface area (TPSA) is 78.9 Å². The van der Waals surface area contributed by atoms with Crippen LogP contribution in [-0.2, 0) is 0 Å². The van der Waals surface area contributed by atoms with Crippen LogP contribution in [0.4, 0.5) is 0 Å². The van der Waals surface area contributed by atoms with E-state index < -0.39 is 0 Å². The Hall–Kier alpha value is -1.56. The molecular formula is C15H22BrN3O2. The molecule has 0 aromatic heterocycles. The molecule has 0 fully saturated rings. The van der Waals surface area contributed by atoms with Gasteiger partial charge in [-0.1, -0.05) is 34.9 Å². The summed E-state index contributed by atoms with van der Waals surface area (Å²) in [5, 5.41) is 11.6. The minimum Gasteiger partial charge on any atom is -0.409 e. The van der Waals surface area contributed by atoms with Crippen LogP contribution in [0.2, 0.25) is 0 Å². The van der Waals surface area contributed by atoms with Crippen molar-refractivity contribution >= 4 is 27.7 Å². The summed E-state index contributed by atoms with van der Waals surface area (Å²) in [6.45, 7) is 7.08. The molecule has 1 aromatic rings. The van der Waals surface area contributed by atoms with Gasteiger partial charge in [0.25, 0.3) is 5.91 Å². The fourth-order valence-electron chi connectivity index (χ4n) is 2.05. The molecule has 3 N–H and O–H groups in total. The molecule has 1 rings (SSSR count). The fraction of sp³-hybridized carbons (Fsp3) is 0.467. The van der Waals surface area contributed by atoms with E-state index in [1.807, 2.05) is 25.1 Å². The van der Waals surface area contributed by atoms with E-state index in [1.54, 1.807) is 4.90 Å². The molecule has 6 heteroatoms. The number of rotatable bonds is 6. The maximum absolute atomic E-state index is 12.7. The number of nitrogens with two attached hydrogens (primary N) is 1. The number of halogens is 1. The SMILES string of the molecule is Cc1cc(Br)ccc1C(=O)N(CCC(N)=NO)CC(C)C. The van der Waals surface area contributed by atoms with E-state index in [2.05, 4.69) is 34.9 Å². The normalized spacial score (nSPS) is 11.8. The minimum absolute atomic E-state index is 0.0283. The standard InChI is InChI=1S/C15H22BrN3O2/c1-10(2)9-19(7-6-14(17)18-21)15(20)13-5-4-12(16)8-11(13)3/h4-5,8,10,21H,6-7,9H2,1-3H3,(H2,17,18). The van der Waals surface area contributed by atoms with E-state index >= 15 is 0 Å². The summed E-state index contributed by atoms with van der Waals surface area (Å²) in [6, 6.07) is 5.60. The first-order valence-corrected chi connectivity index (χ1v) is 7.66. The molecule has 0 unspecified atom stereocenters. The average Bonchev–Trinajstić information content (AvgIpc) is 2.42. The first-order chi connectivity index (χ1) is 9.85. The maximum atomic E-state index is 12.7. The summed E-state index contributed by atoms with van der Waals surface area (Å²) in [7, 11) is 0. The average molecular weight is 356 g/mol. The predicted molar refractivity (Wildman–Crippen MR) is 87.6 cm³/mol. The van der Waals surface area contributed by atoms with E-state index in [4.69, 9.17) is 10.9 Å². The van der Waals surface area contributed by atoms with Crippen LogP contribution >= 0.6 is 15.9 Å². The molecule has 0 aliphatic carbocycles. The van der Waals surface area contributed by atoms with Crippen molar-refractivity contribution < 1.29 is 10.0 Å². The van der Waals surface area contributed by atoms with Gasteiger partial charge in [0.15, 0.2) is 0 Å². The zero-order valence-electron chi connectivity index (χ0n) is 12.6. The molecule has 0 bridgehead atoms. The van der Waals surface area contributed by atoms with Gasteiger partial charge in [-0.05, 0) is 36.6 Å². The Balaban J connectivity index is 2.93. The number of hydrogen-bond acceptors (Lipinski definition) is 3. The summed E-state index contributed by atoms with van der Waals surface area (Å²) < 4.78 is 0.948. The maximum Gasteiger partial charge on any atom is 0.254 e. The van der Waals surface area contributed by atoms with Gasteiger partial charge >= 0.3 is 0 Å². The zero-order valence-corrected chi connectivity index (χ0v) is 14.2. The largest absolute Gasteiger partial charge is 0.409 e. The van der Waals surface area contributed by atoms with Crippen molar-refractivity contribution in [2.75, 3.05) is 13.1 Å². The molecule has 0 saturated heterocycles. The quantitative estimate of drug-likeness (QED) is 0.356. The molecule has 0 aliphatic rings. The molecule has 21 heavy (non-hydrogen) atoms. The summed E-state index contributed by atoms with van der Waals surface area (Å²) in [6.07, 6.45) is 0.352. The van der Waals surface area contributed by atoms with Crippen LogP contribution in [0.3, 0.4) is 0 Å². The fourth-order valence-corrected chi connectivity index (χ4v) is 2.53. The van der Waals surface area contributed by atoms with E-state index in [1.165, 1.54) is 0 Å². The lowest BCUT2D eigenvalue weighted by Gasteiger charge is -2.25. The van der Waals surface area contributed by atoms with Gasteiger partial charge in [0.2, 0.25) is 0 Å². The van der Waals surface area contributed by atoms with Crippen LogP contribution in [0.5, 0.6) is 0 Å². The lowest BCUT2D eigenvalue weighted by atomic mass is 10.1. The molecular weight excluding hydrogens is 334 g/mol. The Labute approximate surface area is 133 Å². The summed E-state index contributed by atoms with van der Waals surface area (Å²) in [4.78, 5) is 14.4. The molecule has 1 amide bonds. The molecule has 1 aromatic carbocycles. The van der Waals surface area contributed by atoms with Gasteiger partial charge < -0.3 is 15.8 Å². The number of hydrogen-bond donors (Lipinski definition) is 2. The van der Waals surface area contributed by atoms with Crippen LogP contribution in [0.1, 0.15) is 36.2 Å². The van der Waals surface area contributed by atoms with E-state index in [0.717, 1.165) is 10.0 Å². The second-order valence-electron chi connectivity index (χ2n) is 5.45. The molecule has 0 aliphatic heterocycles. The van der Waals surface area contributed by atoms with Crippen molar-refractivity contribution in [2.45, 2.75) is 27.2 Å². The number of amides is 1. The second kappa shape index (κ2) is 8.02. The number of aryl methyl sites for hydroxylation is 1. The van der Waals surface area contributed by atoms with Crippen molar-refractivity contribution in [2.24, 2.45) is 16.8 Å². The Morgan fingerprint density at radius 2 is 2.14 bits per heavy atom. The molecule has 116 valence electrons. The van der Waals surface area contributed by atoms with Gasteiger partial charge in [-0.2, -0.15) is 0 Å². The third-order valence-corrected chi connectivity index (χ3v) is 3.55. The Morgan fingerprint density at radius 3 is 2.67 bits per heavy atom. The van der Waals surface area contributed by atoms with Crippen LogP contribution in [-0.4, -0.2) is 34.9 Å². The van der Waals surface area contributed by atoms with Gasteiger partial charge in [-0.3, -0.25) is 4.79 Å². The number of nitrogens with zero attached hydrogens (tertiary/aromatic N) is 2. The molecule has 0 spiro atoms. The van der Waals surface area contributed by atoms with Crippen LogP contribution in [0.25, 0.3) is 0 Å². The Morgan fingerprint density at radius 1 is 1.48 bits per heavy atom. The van der Waals surface area contributed by atoms with Gasteiger partial charge in [-0.15, -0.1) is 0 Å². The van der Waals surface area contributed by atoms with Crippen LogP contribution in [0.15, 0.2) is 27.8 Å². The number of carbonyl (C=O) groups is 1. The number of carbonyl (C=O) groups excluding carboxylic acids is 1. The van der Waals surface area contributed by atoms with E-state index in [0.29, 0.717) is 31.0 Å². The highest BCUT2D eigenvalue weighted by atomic mass is 79.9. The predicted octanol–water partition coefficient (Wildman–Crippen LogP) is 2.99. The molecule has 0 radical (unpaired) electrons. The number of amidine groups is 1. The van der Waals surface area contributed by atoms with Crippen molar-refractivity contribution in [1.82, 2.24) is 4.90 Å². The zero-order chi connectivity index (χ0) is 16.0. The Bertz CT molecular complexity index is 530. The third kappa shape index (κ3) is 5.38.